The Bertz CT molecular complexity index is 588. The molecule has 0 heterocycles. The quantitative estimate of drug-likeness (QED) is 0.359. The Balaban J connectivity index is 2.29. The molecule has 0 radical (unpaired) electrons. The van der Waals surface area contributed by atoms with E-state index in [0.29, 0.717) is 0 Å². The van der Waals surface area contributed by atoms with E-state index >= 15 is 0 Å². The van der Waals surface area contributed by atoms with Crippen LogP contribution in [0.3, 0.4) is 0 Å². The van der Waals surface area contributed by atoms with Gasteiger partial charge >= 0.3 is 0 Å². The fourth-order valence-electron chi connectivity index (χ4n) is 2.39. The minimum atomic E-state index is -0.187. The third-order valence-electron chi connectivity index (χ3n) is 3.44. The van der Waals surface area contributed by atoms with Crippen LogP contribution in [0.25, 0.3) is 0 Å². The summed E-state index contributed by atoms with van der Waals surface area (Å²) in [5.41, 5.74) is 1.90. The highest BCUT2D eigenvalue weighted by molar-refractivity contribution is 5.76. The molecule has 0 N–H and O–H groups in total. The van der Waals surface area contributed by atoms with Crippen molar-refractivity contribution in [2.45, 2.75) is 19.9 Å². The first-order valence-electron chi connectivity index (χ1n) is 7.11. The summed E-state index contributed by atoms with van der Waals surface area (Å²) in [7, 11) is 1.63. The highest BCUT2D eigenvalue weighted by atomic mass is 16.5. The Morgan fingerprint density at radius 1 is 1.00 bits per heavy atom. The van der Waals surface area contributed by atoms with Gasteiger partial charge in [0.05, 0.1) is 7.11 Å². The largest absolute Gasteiger partial charge is 0.623 e. The second-order valence-corrected chi connectivity index (χ2v) is 5.36. The molecule has 0 bridgehead atoms. The van der Waals surface area contributed by atoms with Crippen molar-refractivity contribution in [1.29, 1.82) is 0 Å². The van der Waals surface area contributed by atoms with Crippen LogP contribution in [0.5, 0.6) is 5.75 Å². The summed E-state index contributed by atoms with van der Waals surface area (Å²) in [5.74, 6) is 1.01. The van der Waals surface area contributed by atoms with Gasteiger partial charge in [0, 0.05) is 17.0 Å². The average Bonchev–Trinajstić information content (AvgIpc) is 2.49. The van der Waals surface area contributed by atoms with E-state index in [0.717, 1.165) is 21.6 Å². The maximum atomic E-state index is 12.5. The summed E-state index contributed by atoms with van der Waals surface area (Å²) < 4.78 is 6.17. The molecule has 0 aliphatic rings. The fraction of sp³-hybridized carbons (Fsp3) is 0.278. The molecular formula is C18H21NO2. The molecule has 3 heteroatoms. The molecule has 3 nitrogen and oxygen atoms in total. The van der Waals surface area contributed by atoms with E-state index in [9.17, 15) is 5.21 Å². The van der Waals surface area contributed by atoms with Crippen molar-refractivity contribution in [1.82, 2.24) is 0 Å². The third-order valence-corrected chi connectivity index (χ3v) is 3.44. The molecule has 0 aromatic heterocycles. The van der Waals surface area contributed by atoms with Gasteiger partial charge in [-0.3, -0.25) is 0 Å². The Hall–Kier alpha value is -2.29. The zero-order valence-corrected chi connectivity index (χ0v) is 12.7. The van der Waals surface area contributed by atoms with Gasteiger partial charge in [-0.2, -0.15) is 0 Å². The Morgan fingerprint density at radius 2 is 1.62 bits per heavy atom. The molecular weight excluding hydrogens is 262 g/mol. The fourth-order valence-corrected chi connectivity index (χ4v) is 2.39. The maximum absolute atomic E-state index is 12.5. The van der Waals surface area contributed by atoms with E-state index in [1.165, 1.54) is 0 Å². The topological polar surface area (TPSA) is 35.3 Å². The van der Waals surface area contributed by atoms with Crippen LogP contribution >= 0.6 is 0 Å². The van der Waals surface area contributed by atoms with E-state index in [-0.39, 0.29) is 12.0 Å². The maximum Gasteiger partial charge on any atom is 0.190 e. The molecule has 0 aliphatic carbocycles. The SMILES string of the molecule is COc1ccc(/C=[N+](\[O-])[C@H](c2ccccc2)C(C)C)cc1. The lowest BCUT2D eigenvalue weighted by molar-refractivity contribution is -0.512. The molecule has 0 saturated carbocycles. The molecule has 0 saturated heterocycles. The van der Waals surface area contributed by atoms with Crippen LogP contribution in [0, 0.1) is 11.1 Å². The predicted molar refractivity (Wildman–Crippen MR) is 85.8 cm³/mol. The highest BCUT2D eigenvalue weighted by Crippen LogP contribution is 2.25. The molecule has 0 amide bonds. The van der Waals surface area contributed by atoms with Crippen molar-refractivity contribution in [2.75, 3.05) is 7.11 Å². The Labute approximate surface area is 126 Å². The number of nitrogens with zero attached hydrogens (tertiary/aromatic N) is 1. The van der Waals surface area contributed by atoms with E-state index in [1.807, 2.05) is 54.6 Å². The van der Waals surface area contributed by atoms with Crippen molar-refractivity contribution >= 4 is 6.21 Å². The lowest BCUT2D eigenvalue weighted by atomic mass is 9.96. The number of hydroxylamine groups is 1. The van der Waals surface area contributed by atoms with Gasteiger partial charge in [0.25, 0.3) is 0 Å². The van der Waals surface area contributed by atoms with E-state index in [4.69, 9.17) is 4.74 Å². The summed E-state index contributed by atoms with van der Waals surface area (Å²) in [6.45, 7) is 4.12. The van der Waals surface area contributed by atoms with Gasteiger partial charge in [-0.15, -0.1) is 0 Å². The molecule has 1 atom stereocenters. The highest BCUT2D eigenvalue weighted by Gasteiger charge is 2.22. The molecule has 2 aromatic carbocycles. The molecule has 0 aliphatic heterocycles. The summed E-state index contributed by atoms with van der Waals surface area (Å²) in [4.78, 5) is 0. The smallest absolute Gasteiger partial charge is 0.190 e. The van der Waals surface area contributed by atoms with Gasteiger partial charge in [0.15, 0.2) is 12.3 Å². The lowest BCUT2D eigenvalue weighted by Crippen LogP contribution is -2.20. The molecule has 0 spiro atoms. The zero-order valence-electron chi connectivity index (χ0n) is 12.7. The molecule has 2 aromatic rings. The van der Waals surface area contributed by atoms with Crippen molar-refractivity contribution < 1.29 is 9.48 Å². The molecule has 0 fully saturated rings. The van der Waals surface area contributed by atoms with Crippen LogP contribution in [0.15, 0.2) is 54.6 Å². The van der Waals surface area contributed by atoms with Crippen molar-refractivity contribution in [3.05, 3.63) is 70.9 Å². The van der Waals surface area contributed by atoms with Crippen LogP contribution in [0.1, 0.15) is 31.0 Å². The van der Waals surface area contributed by atoms with Crippen LogP contribution in [0.4, 0.5) is 0 Å². The van der Waals surface area contributed by atoms with Gasteiger partial charge < -0.3 is 9.94 Å². The van der Waals surface area contributed by atoms with Crippen LogP contribution in [0.2, 0.25) is 0 Å². The third kappa shape index (κ3) is 3.85. The van der Waals surface area contributed by atoms with Gasteiger partial charge in [0.1, 0.15) is 5.75 Å². The average molecular weight is 283 g/mol. The Kier molecular flexibility index (Phi) is 4.99. The van der Waals surface area contributed by atoms with Crippen molar-refractivity contribution in [3.8, 4) is 5.75 Å². The van der Waals surface area contributed by atoms with Crippen LogP contribution < -0.4 is 4.74 Å². The number of hydrogen-bond acceptors (Lipinski definition) is 2. The molecule has 2 rings (SSSR count). The van der Waals surface area contributed by atoms with Crippen LogP contribution in [-0.4, -0.2) is 18.1 Å². The van der Waals surface area contributed by atoms with Gasteiger partial charge in [-0.25, -0.2) is 4.74 Å². The predicted octanol–water partition coefficient (Wildman–Crippen LogP) is 4.02. The first-order valence-corrected chi connectivity index (χ1v) is 7.11. The molecule has 21 heavy (non-hydrogen) atoms. The summed E-state index contributed by atoms with van der Waals surface area (Å²) in [5, 5.41) is 12.5. The standard InChI is InChI=1S/C18H21NO2/c1-14(2)18(16-7-5-4-6-8-16)19(20)13-15-9-11-17(21-3)12-10-15/h4-14,18H,1-3H3/b19-13-/t18-/m0/s1. The number of rotatable bonds is 5. The number of benzene rings is 2. The van der Waals surface area contributed by atoms with Crippen molar-refractivity contribution in [3.63, 3.8) is 0 Å². The monoisotopic (exact) mass is 283 g/mol. The first kappa shape index (κ1) is 15.1. The number of methoxy groups -OCH3 is 1. The summed E-state index contributed by atoms with van der Waals surface area (Å²) in [6, 6.07) is 17.2. The second kappa shape index (κ2) is 6.93. The van der Waals surface area contributed by atoms with E-state index < -0.39 is 0 Å². The van der Waals surface area contributed by atoms with Gasteiger partial charge in [0.2, 0.25) is 0 Å². The second-order valence-electron chi connectivity index (χ2n) is 5.36. The lowest BCUT2D eigenvalue weighted by Gasteiger charge is -2.20. The molecule has 0 unspecified atom stereocenters. The Morgan fingerprint density at radius 3 is 2.14 bits per heavy atom. The minimum Gasteiger partial charge on any atom is -0.623 e. The van der Waals surface area contributed by atoms with Gasteiger partial charge in [-0.05, 0) is 24.3 Å². The minimum absolute atomic E-state index is 0.187. The normalized spacial score (nSPS) is 13.2. The first-order chi connectivity index (χ1) is 10.1. The number of hydrogen-bond donors (Lipinski definition) is 0. The molecule has 110 valence electrons. The summed E-state index contributed by atoms with van der Waals surface area (Å²) >= 11 is 0. The van der Waals surface area contributed by atoms with E-state index in [1.54, 1.807) is 13.3 Å². The van der Waals surface area contributed by atoms with E-state index in [2.05, 4.69) is 13.8 Å². The van der Waals surface area contributed by atoms with Gasteiger partial charge in [-0.1, -0.05) is 44.2 Å². The summed E-state index contributed by atoms with van der Waals surface area (Å²) in [6.07, 6.45) is 1.64. The van der Waals surface area contributed by atoms with Crippen LogP contribution in [-0.2, 0) is 0 Å². The zero-order chi connectivity index (χ0) is 15.2. The van der Waals surface area contributed by atoms with Crippen molar-refractivity contribution in [2.24, 2.45) is 5.92 Å². The number of ether oxygens (including phenoxy) is 1.